The summed E-state index contributed by atoms with van der Waals surface area (Å²) in [7, 11) is 0. The average molecular weight is 366 g/mol. The number of amides is 1. The second kappa shape index (κ2) is 6.16. The first kappa shape index (κ1) is 14.5. The highest BCUT2D eigenvalue weighted by Gasteiger charge is 2.32. The summed E-state index contributed by atoms with van der Waals surface area (Å²) in [4.78, 5) is 18.8. The van der Waals surface area contributed by atoms with Crippen molar-refractivity contribution in [3.05, 3.63) is 63.3 Å². The van der Waals surface area contributed by atoms with Gasteiger partial charge in [-0.25, -0.2) is 4.98 Å². The molecule has 1 saturated heterocycles. The highest BCUT2D eigenvalue weighted by molar-refractivity contribution is 9.10. The Kier molecular flexibility index (Phi) is 4.27. The maximum atomic E-state index is 12.7. The summed E-state index contributed by atoms with van der Waals surface area (Å²) in [6, 6.07) is 11.5. The Morgan fingerprint density at radius 1 is 1.33 bits per heavy atom. The lowest BCUT2D eigenvalue weighted by molar-refractivity contribution is 0.0728. The Morgan fingerprint density at radius 2 is 2.19 bits per heavy atom. The van der Waals surface area contributed by atoms with E-state index in [2.05, 4.69) is 20.9 Å². The molecule has 1 fully saturated rings. The van der Waals surface area contributed by atoms with Crippen molar-refractivity contribution >= 4 is 33.4 Å². The summed E-state index contributed by atoms with van der Waals surface area (Å²) >= 11 is 9.47. The fraction of sp³-hybridized carbons (Fsp3) is 0.250. The molecule has 0 bridgehead atoms. The molecule has 3 nitrogen and oxygen atoms in total. The summed E-state index contributed by atoms with van der Waals surface area (Å²) in [5.41, 5.74) is 1.55. The van der Waals surface area contributed by atoms with E-state index in [1.165, 1.54) is 0 Å². The van der Waals surface area contributed by atoms with E-state index in [1.807, 2.05) is 35.2 Å². The molecule has 2 heterocycles. The predicted molar refractivity (Wildman–Crippen MR) is 86.4 cm³/mol. The first-order chi connectivity index (χ1) is 10.2. The highest BCUT2D eigenvalue weighted by Crippen LogP contribution is 2.34. The summed E-state index contributed by atoms with van der Waals surface area (Å²) in [5, 5.41) is 0.700. The molecule has 1 amide bonds. The van der Waals surface area contributed by atoms with Crippen LogP contribution in [0.25, 0.3) is 0 Å². The van der Waals surface area contributed by atoms with Crippen molar-refractivity contribution in [2.24, 2.45) is 0 Å². The number of hydrogen-bond donors (Lipinski definition) is 0. The molecule has 0 N–H and O–H groups in total. The maximum Gasteiger partial charge on any atom is 0.274 e. The number of halogens is 2. The molecule has 5 heteroatoms. The molecule has 0 spiro atoms. The summed E-state index contributed by atoms with van der Waals surface area (Å²) in [5.74, 6) is -0.0371. The zero-order valence-corrected chi connectivity index (χ0v) is 13.6. The van der Waals surface area contributed by atoms with Gasteiger partial charge in [-0.1, -0.05) is 23.7 Å². The van der Waals surface area contributed by atoms with Crippen LogP contribution in [0.2, 0.25) is 5.02 Å². The van der Waals surface area contributed by atoms with Crippen molar-refractivity contribution in [3.8, 4) is 0 Å². The molecular formula is C16H14BrClN2O. The van der Waals surface area contributed by atoms with Crippen LogP contribution in [0.5, 0.6) is 0 Å². The molecule has 108 valence electrons. The standard InChI is InChI=1S/C16H14BrClN2O/c17-13-6-2-8-19-15(13)16(21)20-9-3-7-14(20)11-4-1-5-12(18)10-11/h1-2,4-6,8,10,14H,3,7,9H2. The molecule has 2 aromatic rings. The third-order valence-electron chi connectivity index (χ3n) is 3.71. The molecule has 1 aliphatic rings. The van der Waals surface area contributed by atoms with Gasteiger partial charge in [0.1, 0.15) is 5.69 Å². The van der Waals surface area contributed by atoms with Crippen LogP contribution in [0.15, 0.2) is 47.1 Å². The van der Waals surface area contributed by atoms with Crippen LogP contribution in [-0.4, -0.2) is 22.3 Å². The fourth-order valence-electron chi connectivity index (χ4n) is 2.75. The van der Waals surface area contributed by atoms with E-state index >= 15 is 0 Å². The molecule has 0 saturated carbocycles. The molecule has 21 heavy (non-hydrogen) atoms. The highest BCUT2D eigenvalue weighted by atomic mass is 79.9. The number of carbonyl (C=O) groups excluding carboxylic acids is 1. The molecule has 1 atom stereocenters. The number of benzene rings is 1. The van der Waals surface area contributed by atoms with Crippen LogP contribution in [0, 0.1) is 0 Å². The van der Waals surface area contributed by atoms with Gasteiger partial charge < -0.3 is 4.90 Å². The monoisotopic (exact) mass is 364 g/mol. The number of hydrogen-bond acceptors (Lipinski definition) is 2. The first-order valence-electron chi connectivity index (χ1n) is 6.84. The van der Waals surface area contributed by atoms with Crippen molar-refractivity contribution in [1.82, 2.24) is 9.88 Å². The second-order valence-electron chi connectivity index (χ2n) is 5.05. The van der Waals surface area contributed by atoms with Crippen molar-refractivity contribution < 1.29 is 4.79 Å². The van der Waals surface area contributed by atoms with Crippen LogP contribution < -0.4 is 0 Å². The van der Waals surface area contributed by atoms with Crippen molar-refractivity contribution in [3.63, 3.8) is 0 Å². The lowest BCUT2D eigenvalue weighted by atomic mass is 10.0. The minimum Gasteiger partial charge on any atom is -0.330 e. The van der Waals surface area contributed by atoms with Crippen molar-refractivity contribution in [2.75, 3.05) is 6.54 Å². The lowest BCUT2D eigenvalue weighted by Crippen LogP contribution is -2.31. The van der Waals surface area contributed by atoms with E-state index in [0.29, 0.717) is 10.7 Å². The van der Waals surface area contributed by atoms with Gasteiger partial charge in [-0.05, 0) is 58.6 Å². The van der Waals surface area contributed by atoms with Gasteiger partial charge in [0.15, 0.2) is 0 Å². The molecule has 3 rings (SSSR count). The number of pyridine rings is 1. The smallest absolute Gasteiger partial charge is 0.274 e. The minimum absolute atomic E-state index is 0.0371. The van der Waals surface area contributed by atoms with E-state index in [1.54, 1.807) is 12.3 Å². The largest absolute Gasteiger partial charge is 0.330 e. The normalized spacial score (nSPS) is 18.0. The van der Waals surface area contributed by atoms with Crippen LogP contribution in [-0.2, 0) is 0 Å². The summed E-state index contributed by atoms with van der Waals surface area (Å²) in [6.07, 6.45) is 3.59. The second-order valence-corrected chi connectivity index (χ2v) is 6.34. The lowest BCUT2D eigenvalue weighted by Gasteiger charge is -2.25. The fourth-order valence-corrected chi connectivity index (χ4v) is 3.37. The maximum absolute atomic E-state index is 12.7. The van der Waals surface area contributed by atoms with Crippen LogP contribution in [0.1, 0.15) is 34.9 Å². The first-order valence-corrected chi connectivity index (χ1v) is 8.01. The number of rotatable bonds is 2. The van der Waals surface area contributed by atoms with E-state index < -0.39 is 0 Å². The van der Waals surface area contributed by atoms with Gasteiger partial charge in [0.25, 0.3) is 5.91 Å². The zero-order chi connectivity index (χ0) is 14.8. The number of carbonyl (C=O) groups is 1. The quantitative estimate of drug-likeness (QED) is 0.786. The molecule has 1 unspecified atom stereocenters. The SMILES string of the molecule is O=C(c1ncccc1Br)N1CCCC1c1cccc(Cl)c1. The Morgan fingerprint density at radius 3 is 2.95 bits per heavy atom. The van der Waals surface area contributed by atoms with Crippen LogP contribution >= 0.6 is 27.5 Å². The predicted octanol–water partition coefficient (Wildman–Crippen LogP) is 4.47. The average Bonchev–Trinajstić information content (AvgIpc) is 2.96. The number of likely N-dealkylation sites (tertiary alicyclic amines) is 1. The van der Waals surface area contributed by atoms with Gasteiger partial charge >= 0.3 is 0 Å². The van der Waals surface area contributed by atoms with Gasteiger partial charge in [0, 0.05) is 22.2 Å². The number of aromatic nitrogens is 1. The molecular weight excluding hydrogens is 352 g/mol. The Bertz CT molecular complexity index is 677. The Labute approximate surface area is 137 Å². The van der Waals surface area contributed by atoms with Gasteiger partial charge in [0.2, 0.25) is 0 Å². The van der Waals surface area contributed by atoms with Gasteiger partial charge in [-0.2, -0.15) is 0 Å². The molecule has 1 aromatic heterocycles. The Balaban J connectivity index is 1.91. The van der Waals surface area contributed by atoms with E-state index in [9.17, 15) is 4.79 Å². The molecule has 1 aliphatic heterocycles. The molecule has 0 radical (unpaired) electrons. The van der Waals surface area contributed by atoms with Crippen molar-refractivity contribution in [1.29, 1.82) is 0 Å². The van der Waals surface area contributed by atoms with Crippen LogP contribution in [0.4, 0.5) is 0 Å². The van der Waals surface area contributed by atoms with Gasteiger partial charge in [-0.3, -0.25) is 4.79 Å². The third-order valence-corrected chi connectivity index (χ3v) is 4.58. The van der Waals surface area contributed by atoms with Gasteiger partial charge in [-0.15, -0.1) is 0 Å². The summed E-state index contributed by atoms with van der Waals surface area (Å²) < 4.78 is 0.728. The minimum atomic E-state index is -0.0371. The molecule has 0 aliphatic carbocycles. The van der Waals surface area contributed by atoms with E-state index in [0.717, 1.165) is 29.4 Å². The number of nitrogens with zero attached hydrogens (tertiary/aromatic N) is 2. The third kappa shape index (κ3) is 2.97. The molecule has 1 aromatic carbocycles. The van der Waals surface area contributed by atoms with E-state index in [-0.39, 0.29) is 11.9 Å². The Hall–Kier alpha value is -1.39. The topological polar surface area (TPSA) is 33.2 Å². The summed E-state index contributed by atoms with van der Waals surface area (Å²) in [6.45, 7) is 0.749. The van der Waals surface area contributed by atoms with Crippen LogP contribution in [0.3, 0.4) is 0 Å². The van der Waals surface area contributed by atoms with Gasteiger partial charge in [0.05, 0.1) is 6.04 Å². The zero-order valence-electron chi connectivity index (χ0n) is 11.3. The van der Waals surface area contributed by atoms with Crippen molar-refractivity contribution in [2.45, 2.75) is 18.9 Å². The van der Waals surface area contributed by atoms with E-state index in [4.69, 9.17) is 11.6 Å².